The van der Waals surface area contributed by atoms with Gasteiger partial charge in [-0.1, -0.05) is 6.07 Å². The van der Waals surface area contributed by atoms with E-state index in [4.69, 9.17) is 0 Å². The molecule has 0 saturated carbocycles. The highest BCUT2D eigenvalue weighted by Gasteiger charge is 2.39. The van der Waals surface area contributed by atoms with Crippen LogP contribution in [0.2, 0.25) is 0 Å². The summed E-state index contributed by atoms with van der Waals surface area (Å²) in [6.07, 6.45) is 4.54. The number of pyridine rings is 1. The second-order valence-corrected chi connectivity index (χ2v) is 9.88. The van der Waals surface area contributed by atoms with Crippen LogP contribution in [0.5, 0.6) is 0 Å². The largest absolute Gasteiger partial charge is 0.325 e. The van der Waals surface area contributed by atoms with Crippen LogP contribution >= 0.6 is 0 Å². The van der Waals surface area contributed by atoms with Gasteiger partial charge >= 0.3 is 6.03 Å². The van der Waals surface area contributed by atoms with E-state index >= 15 is 0 Å². The fraction of sp³-hybridized carbons (Fsp3) is 0.400. The number of hydrogen-bond donors (Lipinski definition) is 1. The number of carbonyl (C=O) groups is 1. The molecule has 0 bridgehead atoms. The zero-order chi connectivity index (χ0) is 20.4. The summed E-state index contributed by atoms with van der Waals surface area (Å²) in [7, 11) is -3.91. The summed E-state index contributed by atoms with van der Waals surface area (Å²) >= 11 is 0. The van der Waals surface area contributed by atoms with Crippen LogP contribution in [-0.4, -0.2) is 37.4 Å². The van der Waals surface area contributed by atoms with Crippen molar-refractivity contribution in [2.45, 2.75) is 42.8 Å². The molecule has 0 aliphatic carbocycles. The molecule has 2 amide bonds. The average molecular weight is 405 g/mol. The van der Waals surface area contributed by atoms with Gasteiger partial charge in [0, 0.05) is 25.0 Å². The summed E-state index contributed by atoms with van der Waals surface area (Å²) in [6, 6.07) is 7.89. The number of nitrogens with zero attached hydrogens (tertiary/aromatic N) is 2. The minimum atomic E-state index is -3.91. The standard InChI is InChI=1S/C20H24FN3O3S/c1-20(2,28(26,27)17-8-6-7-15(21)13-17)18-14-16(9-10-22-18)23-19(25)24-11-4-3-5-12-24/h6-10,13-14H,3-5,11-12H2,1-2H3,(H,22,23,25). The highest BCUT2D eigenvalue weighted by atomic mass is 32.2. The minimum Gasteiger partial charge on any atom is -0.325 e. The van der Waals surface area contributed by atoms with E-state index in [1.807, 2.05) is 0 Å². The van der Waals surface area contributed by atoms with Crippen molar-refractivity contribution in [3.63, 3.8) is 0 Å². The number of benzene rings is 1. The summed E-state index contributed by atoms with van der Waals surface area (Å²) in [5.74, 6) is -0.618. The van der Waals surface area contributed by atoms with Gasteiger partial charge < -0.3 is 10.2 Å². The van der Waals surface area contributed by atoms with Crippen LogP contribution in [0.1, 0.15) is 38.8 Å². The fourth-order valence-corrected chi connectivity index (χ4v) is 4.71. The maximum Gasteiger partial charge on any atom is 0.321 e. The molecule has 3 rings (SSSR count). The number of piperidine rings is 1. The van der Waals surface area contributed by atoms with Crippen LogP contribution in [0, 0.1) is 5.82 Å². The van der Waals surface area contributed by atoms with Gasteiger partial charge in [-0.05, 0) is 63.4 Å². The Labute approximate surface area is 164 Å². The molecule has 0 radical (unpaired) electrons. The number of urea groups is 1. The zero-order valence-electron chi connectivity index (χ0n) is 16.0. The molecule has 1 aliphatic heterocycles. The lowest BCUT2D eigenvalue weighted by atomic mass is 10.1. The van der Waals surface area contributed by atoms with E-state index in [2.05, 4.69) is 10.3 Å². The summed E-state index contributed by atoms with van der Waals surface area (Å²) < 4.78 is 38.3. The van der Waals surface area contributed by atoms with Gasteiger partial charge in [0.15, 0.2) is 9.84 Å². The lowest BCUT2D eigenvalue weighted by Crippen LogP contribution is -2.38. The molecule has 1 N–H and O–H groups in total. The maximum atomic E-state index is 13.5. The van der Waals surface area contributed by atoms with Crippen molar-refractivity contribution in [3.8, 4) is 0 Å². The predicted molar refractivity (Wildman–Crippen MR) is 105 cm³/mol. The maximum absolute atomic E-state index is 13.5. The smallest absolute Gasteiger partial charge is 0.321 e. The van der Waals surface area contributed by atoms with Crippen molar-refractivity contribution in [3.05, 3.63) is 54.1 Å². The molecule has 1 aromatic heterocycles. The first-order chi connectivity index (χ1) is 13.2. The third kappa shape index (κ3) is 4.01. The predicted octanol–water partition coefficient (Wildman–Crippen LogP) is 3.95. The lowest BCUT2D eigenvalue weighted by molar-refractivity contribution is 0.200. The molecule has 1 saturated heterocycles. The molecule has 1 fully saturated rings. The number of hydrogen-bond acceptors (Lipinski definition) is 4. The van der Waals surface area contributed by atoms with Gasteiger partial charge in [-0.15, -0.1) is 0 Å². The molecule has 2 heterocycles. The van der Waals surface area contributed by atoms with Gasteiger partial charge in [0.25, 0.3) is 0 Å². The Hall–Kier alpha value is -2.48. The first-order valence-corrected chi connectivity index (χ1v) is 10.7. The van der Waals surface area contributed by atoms with Gasteiger partial charge in [-0.25, -0.2) is 17.6 Å². The van der Waals surface area contributed by atoms with Gasteiger partial charge in [-0.2, -0.15) is 0 Å². The fourth-order valence-electron chi connectivity index (χ4n) is 3.20. The number of aromatic nitrogens is 1. The Kier molecular flexibility index (Phi) is 5.69. The highest BCUT2D eigenvalue weighted by molar-refractivity contribution is 7.92. The molecular weight excluding hydrogens is 381 g/mol. The van der Waals surface area contributed by atoms with Crippen LogP contribution in [0.3, 0.4) is 0 Å². The van der Waals surface area contributed by atoms with Crippen molar-refractivity contribution >= 4 is 21.6 Å². The number of halogens is 1. The van der Waals surface area contributed by atoms with Crippen LogP contribution < -0.4 is 5.32 Å². The first kappa shape index (κ1) is 20.3. The number of nitrogens with one attached hydrogen (secondary N) is 1. The lowest BCUT2D eigenvalue weighted by Gasteiger charge is -2.27. The Morgan fingerprint density at radius 2 is 1.86 bits per heavy atom. The first-order valence-electron chi connectivity index (χ1n) is 9.24. The molecule has 150 valence electrons. The molecule has 2 aromatic rings. The van der Waals surface area contributed by atoms with E-state index in [1.165, 1.54) is 38.2 Å². The number of rotatable bonds is 4. The van der Waals surface area contributed by atoms with Gasteiger partial charge in [0.2, 0.25) is 0 Å². The number of carbonyl (C=O) groups excluding carboxylic acids is 1. The number of anilines is 1. The van der Waals surface area contributed by atoms with E-state index in [9.17, 15) is 17.6 Å². The third-order valence-corrected chi connectivity index (χ3v) is 7.48. The van der Waals surface area contributed by atoms with Crippen molar-refractivity contribution in [1.82, 2.24) is 9.88 Å². The monoisotopic (exact) mass is 405 g/mol. The second kappa shape index (κ2) is 7.87. The molecule has 0 atom stereocenters. The molecule has 6 nitrogen and oxygen atoms in total. The summed E-state index contributed by atoms with van der Waals surface area (Å²) in [4.78, 5) is 18.3. The van der Waals surface area contributed by atoms with Crippen molar-refractivity contribution < 1.29 is 17.6 Å². The zero-order valence-corrected chi connectivity index (χ0v) is 16.8. The second-order valence-electron chi connectivity index (χ2n) is 7.38. The van der Waals surface area contributed by atoms with E-state index in [0.717, 1.165) is 25.3 Å². The van der Waals surface area contributed by atoms with Crippen molar-refractivity contribution in [2.24, 2.45) is 0 Å². The Balaban J connectivity index is 1.86. The molecule has 8 heteroatoms. The molecule has 0 unspecified atom stereocenters. The third-order valence-electron chi connectivity index (χ3n) is 5.05. The number of likely N-dealkylation sites (tertiary alicyclic amines) is 1. The molecule has 1 aliphatic rings. The Morgan fingerprint density at radius 1 is 1.14 bits per heavy atom. The van der Waals surface area contributed by atoms with Crippen LogP contribution in [0.25, 0.3) is 0 Å². The summed E-state index contributed by atoms with van der Waals surface area (Å²) in [5, 5.41) is 2.82. The van der Waals surface area contributed by atoms with Crippen LogP contribution in [-0.2, 0) is 14.6 Å². The highest BCUT2D eigenvalue weighted by Crippen LogP contribution is 2.34. The van der Waals surface area contributed by atoms with Gasteiger partial charge in [0.1, 0.15) is 10.6 Å². The minimum absolute atomic E-state index is 0.109. The van der Waals surface area contributed by atoms with E-state index in [1.54, 1.807) is 17.0 Å². The topological polar surface area (TPSA) is 79.4 Å². The van der Waals surface area contributed by atoms with Crippen molar-refractivity contribution in [1.29, 1.82) is 0 Å². The van der Waals surface area contributed by atoms with Gasteiger partial charge in [-0.3, -0.25) is 4.98 Å². The van der Waals surface area contributed by atoms with Crippen LogP contribution in [0.15, 0.2) is 47.5 Å². The van der Waals surface area contributed by atoms with E-state index in [0.29, 0.717) is 18.8 Å². The quantitative estimate of drug-likeness (QED) is 0.835. The molecular formula is C20H24FN3O3S. The summed E-state index contributed by atoms with van der Waals surface area (Å²) in [5.41, 5.74) is 0.747. The molecule has 28 heavy (non-hydrogen) atoms. The molecule has 0 spiro atoms. The number of sulfone groups is 1. The van der Waals surface area contributed by atoms with E-state index < -0.39 is 20.4 Å². The molecule has 1 aromatic carbocycles. The SMILES string of the molecule is CC(C)(c1cc(NC(=O)N2CCCCC2)ccn1)S(=O)(=O)c1cccc(F)c1. The Morgan fingerprint density at radius 3 is 2.54 bits per heavy atom. The Bertz CT molecular complexity index is 970. The normalized spacial score (nSPS) is 15.3. The van der Waals surface area contributed by atoms with Gasteiger partial charge in [0.05, 0.1) is 10.6 Å². The summed E-state index contributed by atoms with van der Waals surface area (Å²) in [6.45, 7) is 4.46. The van der Waals surface area contributed by atoms with Crippen LogP contribution in [0.4, 0.5) is 14.9 Å². The van der Waals surface area contributed by atoms with Crippen molar-refractivity contribution in [2.75, 3.05) is 18.4 Å². The average Bonchev–Trinajstić information content (AvgIpc) is 2.68. The van der Waals surface area contributed by atoms with E-state index in [-0.39, 0.29) is 16.6 Å². The number of amides is 2.